The van der Waals surface area contributed by atoms with Crippen LogP contribution in [0, 0.1) is 0 Å². The van der Waals surface area contributed by atoms with E-state index in [1.165, 1.54) is 19.4 Å². The molecule has 0 aliphatic carbocycles. The van der Waals surface area contributed by atoms with E-state index in [4.69, 9.17) is 9.97 Å². The summed E-state index contributed by atoms with van der Waals surface area (Å²) in [4.78, 5) is 9.46. The lowest BCUT2D eigenvalue weighted by Crippen LogP contribution is -2.50. The topological polar surface area (TPSA) is 81.1 Å². The highest BCUT2D eigenvalue weighted by atomic mass is 32.1. The van der Waals surface area contributed by atoms with Crippen LogP contribution in [-0.4, -0.2) is 23.1 Å². The molecule has 0 aliphatic heterocycles. The first-order valence-corrected chi connectivity index (χ1v) is 8.71. The highest BCUT2D eigenvalue weighted by Crippen LogP contribution is 2.31. The highest BCUT2D eigenvalue weighted by molar-refractivity contribution is 7.20. The number of aryl methyl sites for hydroxylation is 2. The molecule has 0 radical (unpaired) electrons. The Kier molecular flexibility index (Phi) is 4.26. The fourth-order valence-electron chi connectivity index (χ4n) is 2.21. The highest BCUT2D eigenvalue weighted by Gasteiger charge is 2.09. The van der Waals surface area contributed by atoms with E-state index < -0.39 is 0 Å². The molecule has 0 aliphatic rings. The molecule has 106 valence electrons. The van der Waals surface area contributed by atoms with Crippen molar-refractivity contribution in [2.45, 2.75) is 25.7 Å². The van der Waals surface area contributed by atoms with Crippen molar-refractivity contribution in [3.05, 3.63) is 22.1 Å². The van der Waals surface area contributed by atoms with Crippen molar-refractivity contribution >= 4 is 43.1 Å². The first-order chi connectivity index (χ1) is 9.80. The van der Waals surface area contributed by atoms with Crippen molar-refractivity contribution in [2.75, 3.05) is 13.1 Å². The maximum absolute atomic E-state index is 4.73. The van der Waals surface area contributed by atoms with Crippen molar-refractivity contribution in [2.24, 2.45) is 0 Å². The Bertz CT molecular complexity index is 608. The van der Waals surface area contributed by atoms with Gasteiger partial charge in [-0.1, -0.05) is 0 Å². The van der Waals surface area contributed by atoms with E-state index in [9.17, 15) is 0 Å². The molecule has 0 atom stereocenters. The van der Waals surface area contributed by atoms with Gasteiger partial charge in [-0.25, -0.2) is 9.97 Å². The van der Waals surface area contributed by atoms with Gasteiger partial charge < -0.3 is 11.5 Å². The van der Waals surface area contributed by atoms with Crippen LogP contribution >= 0.6 is 22.7 Å². The molecule has 0 bridgehead atoms. The van der Waals surface area contributed by atoms with Gasteiger partial charge in [-0.2, -0.15) is 0 Å². The van der Waals surface area contributed by atoms with E-state index in [1.807, 2.05) is 0 Å². The van der Waals surface area contributed by atoms with Crippen molar-refractivity contribution < 1.29 is 11.5 Å². The summed E-state index contributed by atoms with van der Waals surface area (Å²) in [6.45, 7) is 1.95. The molecular weight excluding hydrogens is 288 g/mol. The van der Waals surface area contributed by atoms with Gasteiger partial charge in [0.25, 0.3) is 0 Å². The van der Waals surface area contributed by atoms with Crippen LogP contribution in [0.5, 0.6) is 0 Å². The van der Waals surface area contributed by atoms with Gasteiger partial charge in [-0.05, 0) is 12.1 Å². The third-order valence-electron chi connectivity index (χ3n) is 3.27. The lowest BCUT2D eigenvalue weighted by atomic mass is 10.3. The van der Waals surface area contributed by atoms with Crippen LogP contribution in [-0.2, 0) is 12.8 Å². The summed E-state index contributed by atoms with van der Waals surface area (Å²) in [5, 5.41) is 2.44. The first-order valence-electron chi connectivity index (χ1n) is 7.07. The number of quaternary nitrogens is 2. The van der Waals surface area contributed by atoms with E-state index in [0.29, 0.717) is 0 Å². The third-order valence-corrected chi connectivity index (χ3v) is 5.42. The Labute approximate surface area is 125 Å². The summed E-state index contributed by atoms with van der Waals surface area (Å²) in [5.41, 5.74) is 10.0. The maximum Gasteiger partial charge on any atom is 0.0940 e. The number of aromatic nitrogens is 2. The molecule has 0 saturated heterocycles. The normalized spacial score (nSPS) is 11.7. The van der Waals surface area contributed by atoms with Crippen LogP contribution in [0.25, 0.3) is 20.4 Å². The summed E-state index contributed by atoms with van der Waals surface area (Å²) >= 11 is 3.59. The van der Waals surface area contributed by atoms with E-state index >= 15 is 0 Å². The van der Waals surface area contributed by atoms with Gasteiger partial charge in [0.05, 0.1) is 43.5 Å². The minimum Gasteiger partial charge on any atom is -0.358 e. The number of benzene rings is 1. The fraction of sp³-hybridized carbons (Fsp3) is 0.429. The number of hydrogen-bond donors (Lipinski definition) is 2. The third kappa shape index (κ3) is 2.83. The largest absolute Gasteiger partial charge is 0.358 e. The predicted molar refractivity (Wildman–Crippen MR) is 85.0 cm³/mol. The molecule has 3 rings (SSSR count). The van der Waals surface area contributed by atoms with Crippen LogP contribution < -0.4 is 11.5 Å². The van der Waals surface area contributed by atoms with Crippen LogP contribution in [0.3, 0.4) is 0 Å². The van der Waals surface area contributed by atoms with Crippen molar-refractivity contribution in [1.29, 1.82) is 0 Å². The Morgan fingerprint density at radius 3 is 1.65 bits per heavy atom. The molecule has 6 N–H and O–H groups in total. The van der Waals surface area contributed by atoms with Crippen molar-refractivity contribution in [1.82, 2.24) is 9.97 Å². The average Bonchev–Trinajstić information content (AvgIpc) is 3.01. The first kappa shape index (κ1) is 13.9. The number of rotatable bonds is 6. The van der Waals surface area contributed by atoms with Crippen LogP contribution in [0.15, 0.2) is 12.1 Å². The monoisotopic (exact) mass is 308 g/mol. The molecule has 2 aromatic heterocycles. The van der Waals surface area contributed by atoms with E-state index in [-0.39, 0.29) is 0 Å². The van der Waals surface area contributed by atoms with Gasteiger partial charge >= 0.3 is 0 Å². The molecule has 0 spiro atoms. The van der Waals surface area contributed by atoms with Gasteiger partial charge in [0.1, 0.15) is 0 Å². The minimum absolute atomic E-state index is 0.974. The Morgan fingerprint density at radius 2 is 1.25 bits per heavy atom. The number of nitrogens with zero attached hydrogens (tertiary/aromatic N) is 2. The molecule has 3 aromatic rings. The molecule has 0 saturated carbocycles. The SMILES string of the molecule is [NH3+]CCCc1nc2cc3sc(CCC[NH3+])nc3cc2s1. The lowest BCUT2D eigenvalue weighted by Gasteiger charge is -1.88. The zero-order chi connectivity index (χ0) is 13.9. The molecule has 2 heterocycles. The molecule has 1 aromatic carbocycles. The zero-order valence-electron chi connectivity index (χ0n) is 11.5. The summed E-state index contributed by atoms with van der Waals surface area (Å²) in [6.07, 6.45) is 4.31. The minimum atomic E-state index is 0.974. The van der Waals surface area contributed by atoms with Crippen molar-refractivity contribution in [3.63, 3.8) is 0 Å². The van der Waals surface area contributed by atoms with E-state index in [0.717, 1.165) is 49.8 Å². The molecule has 0 unspecified atom stereocenters. The van der Waals surface area contributed by atoms with Gasteiger partial charge in [0, 0.05) is 25.7 Å². The summed E-state index contributed by atoms with van der Waals surface area (Å²) in [5.74, 6) is 0. The van der Waals surface area contributed by atoms with E-state index in [1.54, 1.807) is 22.7 Å². The maximum atomic E-state index is 4.73. The molecule has 20 heavy (non-hydrogen) atoms. The Hall–Kier alpha value is -1.08. The second-order valence-electron chi connectivity index (χ2n) is 4.92. The van der Waals surface area contributed by atoms with Crippen LogP contribution in [0.2, 0.25) is 0 Å². The predicted octanol–water partition coefficient (Wildman–Crippen LogP) is 1.25. The molecule has 6 heteroatoms. The number of fused-ring (bicyclic) bond motifs is 2. The van der Waals surface area contributed by atoms with Gasteiger partial charge in [-0.3, -0.25) is 0 Å². The van der Waals surface area contributed by atoms with Gasteiger partial charge in [0.2, 0.25) is 0 Å². The number of hydrogen-bond acceptors (Lipinski definition) is 4. The van der Waals surface area contributed by atoms with Crippen LogP contribution in [0.1, 0.15) is 22.9 Å². The summed E-state index contributed by atoms with van der Waals surface area (Å²) in [6, 6.07) is 4.39. The van der Waals surface area contributed by atoms with Gasteiger partial charge in [0.15, 0.2) is 0 Å². The second kappa shape index (κ2) is 6.13. The number of thiazole rings is 2. The smallest absolute Gasteiger partial charge is 0.0940 e. The second-order valence-corrected chi connectivity index (χ2v) is 7.15. The molecule has 0 amide bonds. The standard InChI is InChI=1S/C14H18N4S2/c15-5-1-3-13-17-9-7-12-10(8-11(9)19-13)18-14(20-12)4-2-6-16/h7-8H,1-6,15-16H2/p+2. The van der Waals surface area contributed by atoms with E-state index in [2.05, 4.69) is 23.6 Å². The zero-order valence-corrected chi connectivity index (χ0v) is 13.2. The average molecular weight is 308 g/mol. The molecule has 4 nitrogen and oxygen atoms in total. The van der Waals surface area contributed by atoms with Crippen LogP contribution in [0.4, 0.5) is 0 Å². The fourth-order valence-corrected chi connectivity index (χ4v) is 4.26. The summed E-state index contributed by atoms with van der Waals surface area (Å²) in [7, 11) is 0. The lowest BCUT2D eigenvalue weighted by molar-refractivity contribution is -0.368. The Balaban J connectivity index is 1.93. The Morgan fingerprint density at radius 1 is 0.800 bits per heavy atom. The molecular formula is C14H20N4S2+2. The van der Waals surface area contributed by atoms with Gasteiger partial charge in [-0.15, -0.1) is 22.7 Å². The quantitative estimate of drug-likeness (QED) is 0.718. The summed E-state index contributed by atoms with van der Waals surface area (Å²) < 4.78 is 2.51. The van der Waals surface area contributed by atoms with Crippen molar-refractivity contribution in [3.8, 4) is 0 Å². The molecule has 0 fully saturated rings.